The maximum atomic E-state index is 5.44. The summed E-state index contributed by atoms with van der Waals surface area (Å²) in [5.41, 5.74) is 2.40. The molecule has 2 heterocycles. The van der Waals surface area contributed by atoms with Crippen LogP contribution in [-0.2, 0) is 6.42 Å². The van der Waals surface area contributed by atoms with Crippen molar-refractivity contribution in [3.63, 3.8) is 0 Å². The average Bonchev–Trinajstić information content (AvgIpc) is 3.42. The average molecular weight is 416 g/mol. The quantitative estimate of drug-likeness (QED) is 0.373. The number of hydrogen-bond donors (Lipinski definition) is 2. The molecular formula is C22H33N5OS. The van der Waals surface area contributed by atoms with E-state index in [1.54, 1.807) is 18.4 Å². The highest BCUT2D eigenvalue weighted by Gasteiger charge is 2.24. The lowest BCUT2D eigenvalue weighted by Crippen LogP contribution is -2.43. The maximum absolute atomic E-state index is 5.44. The Morgan fingerprint density at radius 1 is 1.31 bits per heavy atom. The molecule has 7 heteroatoms. The summed E-state index contributed by atoms with van der Waals surface area (Å²) in [5.74, 6) is 1.76. The molecule has 1 saturated heterocycles. The molecule has 0 aliphatic carbocycles. The number of aryl methyl sites for hydroxylation is 2. The fraction of sp³-hybridized carbons (Fsp3) is 0.545. The Morgan fingerprint density at radius 2 is 2.14 bits per heavy atom. The van der Waals surface area contributed by atoms with Crippen LogP contribution in [0.25, 0.3) is 0 Å². The van der Waals surface area contributed by atoms with Crippen molar-refractivity contribution in [1.82, 2.24) is 20.5 Å². The first kappa shape index (κ1) is 21.6. The summed E-state index contributed by atoms with van der Waals surface area (Å²) >= 11 is 1.74. The lowest BCUT2D eigenvalue weighted by Gasteiger charge is -2.29. The van der Waals surface area contributed by atoms with Crippen LogP contribution in [0.5, 0.6) is 5.75 Å². The minimum atomic E-state index is 0.310. The molecule has 1 unspecified atom stereocenters. The molecule has 2 aromatic rings. The van der Waals surface area contributed by atoms with Gasteiger partial charge in [-0.25, -0.2) is 4.98 Å². The van der Waals surface area contributed by atoms with Crippen LogP contribution in [0, 0.1) is 6.92 Å². The summed E-state index contributed by atoms with van der Waals surface area (Å²) in [4.78, 5) is 11.5. The summed E-state index contributed by atoms with van der Waals surface area (Å²) in [6, 6.07) is 8.73. The molecule has 0 saturated carbocycles. The Bertz CT molecular complexity index is 785. The molecule has 1 atom stereocenters. The predicted octanol–water partition coefficient (Wildman–Crippen LogP) is 3.39. The number of nitrogens with one attached hydrogen (secondary N) is 2. The zero-order chi connectivity index (χ0) is 20.5. The van der Waals surface area contributed by atoms with Crippen molar-refractivity contribution in [3.05, 3.63) is 45.9 Å². The standard InChI is InChI=1S/C22H33N5OS/c1-17-16-29-21(26-17)10-7-11-24-22(23-2)25-15-20(27-12-4-5-13-27)18-8-6-9-19(14-18)28-3/h6,8-9,14,16,20H,4-5,7,10-13,15H2,1-3H3,(H2,23,24,25). The van der Waals surface area contributed by atoms with Gasteiger partial charge >= 0.3 is 0 Å². The van der Waals surface area contributed by atoms with Gasteiger partial charge in [0.25, 0.3) is 0 Å². The molecule has 0 amide bonds. The van der Waals surface area contributed by atoms with Crippen LogP contribution in [0.1, 0.15) is 41.6 Å². The molecule has 0 spiro atoms. The van der Waals surface area contributed by atoms with Crippen LogP contribution in [0.2, 0.25) is 0 Å². The minimum Gasteiger partial charge on any atom is -0.497 e. The smallest absolute Gasteiger partial charge is 0.191 e. The first-order chi connectivity index (χ1) is 14.2. The molecular weight excluding hydrogens is 382 g/mol. The van der Waals surface area contributed by atoms with Crippen LogP contribution in [0.15, 0.2) is 34.6 Å². The van der Waals surface area contributed by atoms with Crippen LogP contribution in [0.4, 0.5) is 0 Å². The van der Waals surface area contributed by atoms with Gasteiger partial charge in [-0.05, 0) is 57.0 Å². The number of rotatable bonds is 9. The predicted molar refractivity (Wildman–Crippen MR) is 121 cm³/mol. The van der Waals surface area contributed by atoms with E-state index in [0.29, 0.717) is 6.04 Å². The fourth-order valence-corrected chi connectivity index (χ4v) is 4.56. The lowest BCUT2D eigenvalue weighted by atomic mass is 10.1. The molecule has 1 aliphatic rings. The number of benzene rings is 1. The van der Waals surface area contributed by atoms with Crippen molar-refractivity contribution in [2.24, 2.45) is 4.99 Å². The van der Waals surface area contributed by atoms with Gasteiger partial charge in [-0.1, -0.05) is 12.1 Å². The second-order valence-corrected chi connectivity index (χ2v) is 8.34. The highest BCUT2D eigenvalue weighted by molar-refractivity contribution is 7.09. The number of aromatic nitrogens is 1. The highest BCUT2D eigenvalue weighted by Crippen LogP contribution is 2.27. The summed E-state index contributed by atoms with van der Waals surface area (Å²) in [7, 11) is 3.55. The highest BCUT2D eigenvalue weighted by atomic mass is 32.1. The number of hydrogen-bond acceptors (Lipinski definition) is 5. The van der Waals surface area contributed by atoms with Crippen LogP contribution in [0.3, 0.4) is 0 Å². The molecule has 6 nitrogen and oxygen atoms in total. The third-order valence-corrected chi connectivity index (χ3v) is 6.30. The van der Waals surface area contributed by atoms with E-state index in [4.69, 9.17) is 4.74 Å². The lowest BCUT2D eigenvalue weighted by molar-refractivity contribution is 0.245. The van der Waals surface area contributed by atoms with E-state index < -0.39 is 0 Å². The number of likely N-dealkylation sites (tertiary alicyclic amines) is 1. The molecule has 29 heavy (non-hydrogen) atoms. The topological polar surface area (TPSA) is 61.8 Å². The van der Waals surface area contributed by atoms with E-state index in [-0.39, 0.29) is 0 Å². The van der Waals surface area contributed by atoms with Gasteiger partial charge in [0.1, 0.15) is 5.75 Å². The first-order valence-corrected chi connectivity index (χ1v) is 11.3. The minimum absolute atomic E-state index is 0.310. The SMILES string of the molecule is CN=C(NCCCc1nc(C)cs1)NCC(c1cccc(OC)c1)N1CCCC1. The molecule has 3 rings (SSSR count). The van der Waals surface area contributed by atoms with Gasteiger partial charge in [0.05, 0.1) is 18.2 Å². The summed E-state index contributed by atoms with van der Waals surface area (Å²) in [6.45, 7) is 6.03. The number of methoxy groups -OCH3 is 1. The van der Waals surface area contributed by atoms with Gasteiger partial charge in [-0.3, -0.25) is 9.89 Å². The van der Waals surface area contributed by atoms with E-state index in [0.717, 1.165) is 56.4 Å². The summed E-state index contributed by atoms with van der Waals surface area (Å²) < 4.78 is 5.44. The largest absolute Gasteiger partial charge is 0.497 e. The molecule has 0 radical (unpaired) electrons. The van der Waals surface area contributed by atoms with Crippen molar-refractivity contribution < 1.29 is 4.74 Å². The van der Waals surface area contributed by atoms with Crippen molar-refractivity contribution in [2.75, 3.05) is 40.3 Å². The summed E-state index contributed by atoms with van der Waals surface area (Å²) in [5, 5.41) is 10.3. The van der Waals surface area contributed by atoms with Gasteiger partial charge in [-0.15, -0.1) is 11.3 Å². The van der Waals surface area contributed by atoms with E-state index in [9.17, 15) is 0 Å². The monoisotopic (exact) mass is 415 g/mol. The van der Waals surface area contributed by atoms with E-state index in [1.165, 1.54) is 23.4 Å². The molecule has 1 aromatic heterocycles. The third-order valence-electron chi connectivity index (χ3n) is 5.27. The molecule has 0 bridgehead atoms. The van der Waals surface area contributed by atoms with Crippen LogP contribution >= 0.6 is 11.3 Å². The Hall–Kier alpha value is -2.12. The van der Waals surface area contributed by atoms with E-state index >= 15 is 0 Å². The molecule has 1 aliphatic heterocycles. The zero-order valence-corrected chi connectivity index (χ0v) is 18.6. The molecule has 1 fully saturated rings. The number of nitrogens with zero attached hydrogens (tertiary/aromatic N) is 3. The molecule has 2 N–H and O–H groups in total. The zero-order valence-electron chi connectivity index (χ0n) is 17.8. The Morgan fingerprint density at radius 3 is 2.83 bits per heavy atom. The summed E-state index contributed by atoms with van der Waals surface area (Å²) in [6.07, 6.45) is 4.58. The Balaban J connectivity index is 1.52. The van der Waals surface area contributed by atoms with Gasteiger partial charge in [0.15, 0.2) is 5.96 Å². The first-order valence-electron chi connectivity index (χ1n) is 10.4. The molecule has 1 aromatic carbocycles. The number of thiazole rings is 1. The van der Waals surface area contributed by atoms with Crippen molar-refractivity contribution >= 4 is 17.3 Å². The third kappa shape index (κ3) is 6.44. The Labute approximate surface area is 178 Å². The Kier molecular flexibility index (Phi) is 8.31. The van der Waals surface area contributed by atoms with Crippen molar-refractivity contribution in [1.29, 1.82) is 0 Å². The second-order valence-electron chi connectivity index (χ2n) is 7.40. The second kappa shape index (κ2) is 11.2. The van der Waals surface area contributed by atoms with Gasteiger partial charge in [0, 0.05) is 37.6 Å². The van der Waals surface area contributed by atoms with Crippen LogP contribution in [-0.4, -0.2) is 56.2 Å². The number of ether oxygens (including phenoxy) is 1. The van der Waals surface area contributed by atoms with Crippen LogP contribution < -0.4 is 15.4 Å². The van der Waals surface area contributed by atoms with Gasteiger partial charge < -0.3 is 15.4 Å². The van der Waals surface area contributed by atoms with E-state index in [2.05, 4.69) is 49.1 Å². The fourth-order valence-electron chi connectivity index (χ4n) is 3.74. The number of aliphatic imine (C=N–C) groups is 1. The van der Waals surface area contributed by atoms with Gasteiger partial charge in [0.2, 0.25) is 0 Å². The van der Waals surface area contributed by atoms with Crippen molar-refractivity contribution in [2.45, 2.75) is 38.6 Å². The van der Waals surface area contributed by atoms with Gasteiger partial charge in [-0.2, -0.15) is 0 Å². The molecule has 158 valence electrons. The number of guanidine groups is 1. The van der Waals surface area contributed by atoms with Crippen molar-refractivity contribution in [3.8, 4) is 5.75 Å². The maximum Gasteiger partial charge on any atom is 0.191 e. The van der Waals surface area contributed by atoms with E-state index in [1.807, 2.05) is 20.0 Å². The normalized spacial score (nSPS) is 16.0.